The Morgan fingerprint density at radius 2 is 2.05 bits per heavy atom. The summed E-state index contributed by atoms with van der Waals surface area (Å²) in [5.74, 6) is 0. The van der Waals surface area contributed by atoms with Crippen molar-refractivity contribution in [1.82, 2.24) is 4.57 Å². The molecule has 0 fully saturated rings. The molecule has 3 nitrogen and oxygen atoms in total. The molecule has 1 aromatic heterocycles. The molecule has 1 heterocycles. The van der Waals surface area contributed by atoms with E-state index in [4.69, 9.17) is 4.74 Å². The summed E-state index contributed by atoms with van der Waals surface area (Å²) < 4.78 is 7.34. The van der Waals surface area contributed by atoms with E-state index < -0.39 is 0 Å². The average molecular weight is 258 g/mol. The summed E-state index contributed by atoms with van der Waals surface area (Å²) in [6.45, 7) is 4.78. The summed E-state index contributed by atoms with van der Waals surface area (Å²) in [5.41, 5.74) is 3.81. The molecule has 0 atom stereocenters. The van der Waals surface area contributed by atoms with Gasteiger partial charge in [0.05, 0.1) is 6.61 Å². The van der Waals surface area contributed by atoms with Gasteiger partial charge in [-0.3, -0.25) is 0 Å². The Kier molecular flexibility index (Phi) is 5.04. The zero-order chi connectivity index (χ0) is 13.5. The molecule has 0 saturated carbocycles. The molecule has 0 amide bonds. The Morgan fingerprint density at radius 1 is 1.21 bits per heavy atom. The van der Waals surface area contributed by atoms with Crippen LogP contribution in [0.15, 0.2) is 42.7 Å². The number of aryl methyl sites for hydroxylation is 1. The second-order valence-corrected chi connectivity index (χ2v) is 4.60. The van der Waals surface area contributed by atoms with Crippen LogP contribution in [0.3, 0.4) is 0 Å². The minimum Gasteiger partial charge on any atom is -0.384 e. The highest BCUT2D eigenvalue weighted by Gasteiger charge is 2.02. The summed E-state index contributed by atoms with van der Waals surface area (Å²) >= 11 is 0. The van der Waals surface area contributed by atoms with E-state index in [-0.39, 0.29) is 0 Å². The molecule has 0 aliphatic carbocycles. The van der Waals surface area contributed by atoms with Crippen LogP contribution in [0.1, 0.15) is 18.1 Å². The Hall–Kier alpha value is -1.74. The molecule has 1 aromatic carbocycles. The highest BCUT2D eigenvalue weighted by atomic mass is 16.5. The number of anilines is 1. The SMILES string of the molecule is CCn1ccc(CNc2ccccc2CCOC)c1. The number of aromatic nitrogens is 1. The lowest BCUT2D eigenvalue weighted by atomic mass is 10.1. The molecule has 102 valence electrons. The van der Waals surface area contributed by atoms with Gasteiger partial charge in [-0.25, -0.2) is 0 Å². The fraction of sp³-hybridized carbons (Fsp3) is 0.375. The number of ether oxygens (including phenoxy) is 1. The standard InChI is InChI=1S/C16H22N2O/c1-3-18-10-8-14(13-18)12-17-16-7-5-4-6-15(16)9-11-19-2/h4-8,10,13,17H,3,9,11-12H2,1-2H3. The molecule has 0 unspecified atom stereocenters. The van der Waals surface area contributed by atoms with Gasteiger partial charge in [0.15, 0.2) is 0 Å². The minimum atomic E-state index is 0.755. The Labute approximate surface area is 115 Å². The maximum Gasteiger partial charge on any atom is 0.0503 e. The molecule has 0 spiro atoms. The predicted octanol–water partition coefficient (Wildman–Crippen LogP) is 3.31. The van der Waals surface area contributed by atoms with Crippen molar-refractivity contribution >= 4 is 5.69 Å². The fourth-order valence-electron chi connectivity index (χ4n) is 2.11. The van der Waals surface area contributed by atoms with Crippen LogP contribution in [-0.4, -0.2) is 18.3 Å². The first-order valence-corrected chi connectivity index (χ1v) is 6.79. The number of hydrogen-bond donors (Lipinski definition) is 1. The molecule has 3 heteroatoms. The van der Waals surface area contributed by atoms with E-state index in [1.807, 2.05) is 0 Å². The minimum absolute atomic E-state index is 0.755. The molecule has 2 rings (SSSR count). The maximum atomic E-state index is 5.15. The molecule has 2 aromatic rings. The molecule has 0 aliphatic rings. The van der Waals surface area contributed by atoms with Crippen molar-refractivity contribution in [2.45, 2.75) is 26.4 Å². The van der Waals surface area contributed by atoms with E-state index in [0.29, 0.717) is 0 Å². The third-order valence-corrected chi connectivity index (χ3v) is 3.25. The first-order valence-electron chi connectivity index (χ1n) is 6.79. The Morgan fingerprint density at radius 3 is 2.79 bits per heavy atom. The van der Waals surface area contributed by atoms with Crippen LogP contribution < -0.4 is 5.32 Å². The van der Waals surface area contributed by atoms with Gasteiger partial charge in [0.25, 0.3) is 0 Å². The lowest BCUT2D eigenvalue weighted by Crippen LogP contribution is -2.04. The fourth-order valence-corrected chi connectivity index (χ4v) is 2.11. The van der Waals surface area contributed by atoms with Gasteiger partial charge in [0, 0.05) is 38.3 Å². The monoisotopic (exact) mass is 258 g/mol. The number of nitrogens with zero attached hydrogens (tertiary/aromatic N) is 1. The van der Waals surface area contributed by atoms with Gasteiger partial charge in [-0.1, -0.05) is 18.2 Å². The van der Waals surface area contributed by atoms with Crippen molar-refractivity contribution < 1.29 is 4.74 Å². The number of methoxy groups -OCH3 is 1. The number of hydrogen-bond acceptors (Lipinski definition) is 2. The van der Waals surface area contributed by atoms with E-state index in [9.17, 15) is 0 Å². The molecular formula is C16H22N2O. The highest BCUT2D eigenvalue weighted by molar-refractivity contribution is 5.51. The van der Waals surface area contributed by atoms with Crippen LogP contribution in [0.25, 0.3) is 0 Å². The normalized spacial score (nSPS) is 10.6. The lowest BCUT2D eigenvalue weighted by molar-refractivity contribution is 0.202. The molecular weight excluding hydrogens is 236 g/mol. The van der Waals surface area contributed by atoms with Crippen LogP contribution in [0.2, 0.25) is 0 Å². The smallest absolute Gasteiger partial charge is 0.0503 e. The van der Waals surface area contributed by atoms with Gasteiger partial charge in [0.2, 0.25) is 0 Å². The molecule has 0 aliphatic heterocycles. The molecule has 0 saturated heterocycles. The van der Waals surface area contributed by atoms with Crippen LogP contribution in [0.4, 0.5) is 5.69 Å². The van der Waals surface area contributed by atoms with Crippen molar-refractivity contribution in [3.8, 4) is 0 Å². The Bertz CT molecular complexity index is 505. The quantitative estimate of drug-likeness (QED) is 0.824. The van der Waals surface area contributed by atoms with Crippen LogP contribution in [0, 0.1) is 0 Å². The first kappa shape index (κ1) is 13.7. The number of rotatable bonds is 7. The van der Waals surface area contributed by atoms with Gasteiger partial charge in [0.1, 0.15) is 0 Å². The molecule has 0 radical (unpaired) electrons. The van der Waals surface area contributed by atoms with Gasteiger partial charge < -0.3 is 14.6 Å². The summed E-state index contributed by atoms with van der Waals surface area (Å²) in [7, 11) is 1.74. The number of nitrogens with one attached hydrogen (secondary N) is 1. The van der Waals surface area contributed by atoms with Crippen molar-refractivity contribution in [2.75, 3.05) is 19.0 Å². The summed E-state index contributed by atoms with van der Waals surface area (Å²) in [6.07, 6.45) is 5.24. The van der Waals surface area contributed by atoms with Gasteiger partial charge in [-0.2, -0.15) is 0 Å². The third kappa shape index (κ3) is 3.86. The Balaban J connectivity index is 1.98. The molecule has 1 N–H and O–H groups in total. The van der Waals surface area contributed by atoms with Gasteiger partial charge in [-0.15, -0.1) is 0 Å². The van der Waals surface area contributed by atoms with E-state index in [1.165, 1.54) is 16.8 Å². The summed E-state index contributed by atoms with van der Waals surface area (Å²) in [5, 5.41) is 3.51. The highest BCUT2D eigenvalue weighted by Crippen LogP contribution is 2.17. The first-order chi connectivity index (χ1) is 9.33. The van der Waals surface area contributed by atoms with Gasteiger partial charge in [-0.05, 0) is 36.6 Å². The zero-order valence-electron chi connectivity index (χ0n) is 11.7. The largest absolute Gasteiger partial charge is 0.384 e. The summed E-state index contributed by atoms with van der Waals surface area (Å²) in [4.78, 5) is 0. The van der Waals surface area contributed by atoms with E-state index in [0.717, 1.165) is 26.1 Å². The van der Waals surface area contributed by atoms with E-state index >= 15 is 0 Å². The lowest BCUT2D eigenvalue weighted by Gasteiger charge is -2.11. The van der Waals surface area contributed by atoms with Crippen LogP contribution in [-0.2, 0) is 24.2 Å². The second kappa shape index (κ2) is 7.00. The summed E-state index contributed by atoms with van der Waals surface area (Å²) in [6, 6.07) is 10.6. The van der Waals surface area contributed by atoms with Gasteiger partial charge >= 0.3 is 0 Å². The van der Waals surface area contributed by atoms with Crippen molar-refractivity contribution in [1.29, 1.82) is 0 Å². The number of benzene rings is 1. The topological polar surface area (TPSA) is 26.2 Å². The van der Waals surface area contributed by atoms with Crippen molar-refractivity contribution in [2.24, 2.45) is 0 Å². The van der Waals surface area contributed by atoms with Crippen LogP contribution >= 0.6 is 0 Å². The average Bonchev–Trinajstić information content (AvgIpc) is 2.91. The maximum absolute atomic E-state index is 5.15. The predicted molar refractivity (Wildman–Crippen MR) is 79.5 cm³/mol. The molecule has 0 bridgehead atoms. The van der Waals surface area contributed by atoms with Crippen molar-refractivity contribution in [3.05, 3.63) is 53.9 Å². The van der Waals surface area contributed by atoms with Crippen LogP contribution in [0.5, 0.6) is 0 Å². The second-order valence-electron chi connectivity index (χ2n) is 4.60. The zero-order valence-corrected chi connectivity index (χ0v) is 11.7. The van der Waals surface area contributed by atoms with Crippen molar-refractivity contribution in [3.63, 3.8) is 0 Å². The third-order valence-electron chi connectivity index (χ3n) is 3.25. The van der Waals surface area contributed by atoms with E-state index in [1.54, 1.807) is 7.11 Å². The molecule has 19 heavy (non-hydrogen) atoms. The number of para-hydroxylation sites is 1. The van der Waals surface area contributed by atoms with E-state index in [2.05, 4.69) is 59.5 Å².